The molecule has 0 aliphatic carbocycles. The summed E-state index contributed by atoms with van der Waals surface area (Å²) >= 11 is 1.57. The number of nitrogens with zero attached hydrogens (tertiary/aromatic N) is 4. The van der Waals surface area contributed by atoms with Crippen LogP contribution < -0.4 is 0 Å². The lowest BCUT2D eigenvalue weighted by molar-refractivity contribution is 0.0686. The van der Waals surface area contributed by atoms with E-state index in [1.165, 1.54) is 4.88 Å². The molecule has 1 N–H and O–H groups in total. The highest BCUT2D eigenvalue weighted by Gasteiger charge is 2.24. The van der Waals surface area contributed by atoms with E-state index in [2.05, 4.69) is 10.3 Å². The van der Waals surface area contributed by atoms with Gasteiger partial charge in [-0.25, -0.2) is 0 Å². The number of likely N-dealkylation sites (tertiary alicyclic amines) is 1. The van der Waals surface area contributed by atoms with Crippen molar-refractivity contribution >= 4 is 17.2 Å². The Labute approximate surface area is 146 Å². The fraction of sp³-hybridized carbons (Fsp3) is 0.588. The Hall–Kier alpha value is -1.73. The molecule has 0 bridgehead atoms. The molecule has 24 heavy (non-hydrogen) atoms. The average molecular weight is 348 g/mol. The SMILES string of the molecule is Cc1ccc(C(=O)N2CCC(Cn3cc(CCCO)nn3)CC2)s1. The molecule has 0 unspecified atom stereocenters. The maximum atomic E-state index is 12.5. The standard InChI is InChI=1S/C17H24N4O2S/c1-13-4-5-16(24-13)17(23)20-8-6-14(7-9-20)11-21-12-15(18-19-21)3-2-10-22/h4-5,12,14,22H,2-3,6-11H2,1H3. The van der Waals surface area contributed by atoms with Crippen molar-refractivity contribution in [2.24, 2.45) is 5.92 Å². The lowest BCUT2D eigenvalue weighted by Crippen LogP contribution is -2.39. The summed E-state index contributed by atoms with van der Waals surface area (Å²) in [5, 5.41) is 17.2. The molecule has 0 atom stereocenters. The summed E-state index contributed by atoms with van der Waals surface area (Å²) in [6.45, 7) is 4.69. The summed E-state index contributed by atoms with van der Waals surface area (Å²) in [6, 6.07) is 3.93. The van der Waals surface area contributed by atoms with Crippen LogP contribution in [0.2, 0.25) is 0 Å². The zero-order valence-electron chi connectivity index (χ0n) is 14.0. The number of hydrogen-bond acceptors (Lipinski definition) is 5. The van der Waals surface area contributed by atoms with Crippen molar-refractivity contribution in [2.45, 2.75) is 39.2 Å². The number of carbonyl (C=O) groups excluding carboxylic acids is 1. The van der Waals surface area contributed by atoms with Crippen molar-refractivity contribution in [1.29, 1.82) is 0 Å². The Morgan fingerprint density at radius 1 is 1.38 bits per heavy atom. The van der Waals surface area contributed by atoms with Gasteiger partial charge in [0.15, 0.2) is 0 Å². The predicted molar refractivity (Wildman–Crippen MR) is 93.1 cm³/mol. The van der Waals surface area contributed by atoms with Crippen LogP contribution in [0.1, 0.15) is 39.5 Å². The second kappa shape index (κ2) is 7.90. The van der Waals surface area contributed by atoms with Crippen molar-refractivity contribution in [2.75, 3.05) is 19.7 Å². The van der Waals surface area contributed by atoms with Crippen LogP contribution >= 0.6 is 11.3 Å². The quantitative estimate of drug-likeness (QED) is 0.868. The molecule has 6 nitrogen and oxygen atoms in total. The molecule has 1 saturated heterocycles. The third-order valence-electron chi connectivity index (χ3n) is 4.48. The minimum Gasteiger partial charge on any atom is -0.396 e. The molecule has 2 aromatic rings. The number of rotatable bonds is 6. The molecule has 1 aliphatic heterocycles. The van der Waals surface area contributed by atoms with Gasteiger partial charge in [0.05, 0.1) is 10.6 Å². The van der Waals surface area contributed by atoms with Gasteiger partial charge in [-0.1, -0.05) is 5.21 Å². The molecule has 1 aliphatic rings. The van der Waals surface area contributed by atoms with Gasteiger partial charge in [0.25, 0.3) is 5.91 Å². The highest BCUT2D eigenvalue weighted by atomic mass is 32.1. The van der Waals surface area contributed by atoms with E-state index >= 15 is 0 Å². The Balaban J connectivity index is 1.48. The van der Waals surface area contributed by atoms with Crippen molar-refractivity contribution in [3.8, 4) is 0 Å². The number of carbonyl (C=O) groups is 1. The lowest BCUT2D eigenvalue weighted by Gasteiger charge is -2.31. The van der Waals surface area contributed by atoms with Gasteiger partial charge < -0.3 is 10.0 Å². The topological polar surface area (TPSA) is 71.2 Å². The Kier molecular flexibility index (Phi) is 5.63. The maximum Gasteiger partial charge on any atom is 0.263 e. The van der Waals surface area contributed by atoms with Gasteiger partial charge in [0.1, 0.15) is 0 Å². The molecule has 0 spiro atoms. The molecule has 0 aromatic carbocycles. The zero-order chi connectivity index (χ0) is 16.9. The van der Waals surface area contributed by atoms with Crippen LogP contribution in [0.3, 0.4) is 0 Å². The minimum atomic E-state index is 0.165. The highest BCUT2D eigenvalue weighted by Crippen LogP contribution is 2.23. The number of piperidine rings is 1. The van der Waals surface area contributed by atoms with Gasteiger partial charge in [-0.05, 0) is 50.7 Å². The molecule has 7 heteroatoms. The summed E-state index contributed by atoms with van der Waals surface area (Å²) < 4.78 is 1.90. The van der Waals surface area contributed by atoms with Crippen molar-refractivity contribution < 1.29 is 9.90 Å². The average Bonchev–Trinajstić information content (AvgIpc) is 3.22. The predicted octanol–water partition coefficient (Wildman–Crippen LogP) is 2.13. The molecule has 130 valence electrons. The molecule has 1 amide bonds. The van der Waals surface area contributed by atoms with E-state index in [4.69, 9.17) is 5.11 Å². The van der Waals surface area contributed by atoms with Gasteiger partial charge in [-0.3, -0.25) is 9.48 Å². The van der Waals surface area contributed by atoms with E-state index < -0.39 is 0 Å². The number of thiophene rings is 1. The van der Waals surface area contributed by atoms with Gasteiger partial charge >= 0.3 is 0 Å². The van der Waals surface area contributed by atoms with E-state index in [0.29, 0.717) is 5.92 Å². The van der Waals surface area contributed by atoms with E-state index in [1.807, 2.05) is 34.8 Å². The summed E-state index contributed by atoms with van der Waals surface area (Å²) in [7, 11) is 0. The molecular weight excluding hydrogens is 324 g/mol. The lowest BCUT2D eigenvalue weighted by atomic mass is 9.96. The Morgan fingerprint density at radius 2 is 2.17 bits per heavy atom. The molecule has 0 radical (unpaired) electrons. The van der Waals surface area contributed by atoms with Crippen molar-refractivity contribution in [1.82, 2.24) is 19.9 Å². The summed E-state index contributed by atoms with van der Waals surface area (Å²) in [5.74, 6) is 0.699. The normalized spacial score (nSPS) is 15.8. The highest BCUT2D eigenvalue weighted by molar-refractivity contribution is 7.13. The zero-order valence-corrected chi connectivity index (χ0v) is 14.8. The number of hydrogen-bond donors (Lipinski definition) is 1. The molecular formula is C17H24N4O2S. The summed E-state index contributed by atoms with van der Waals surface area (Å²) in [5.41, 5.74) is 0.935. The third kappa shape index (κ3) is 4.21. The minimum absolute atomic E-state index is 0.165. The van der Waals surface area contributed by atoms with E-state index in [-0.39, 0.29) is 12.5 Å². The molecule has 0 saturated carbocycles. The second-order valence-corrected chi connectivity index (χ2v) is 7.69. The van der Waals surface area contributed by atoms with Crippen LogP contribution in [-0.4, -0.2) is 50.6 Å². The second-order valence-electron chi connectivity index (χ2n) is 6.40. The summed E-state index contributed by atoms with van der Waals surface area (Å²) in [6.07, 6.45) is 5.47. The number of aromatic nitrogens is 3. The largest absolute Gasteiger partial charge is 0.396 e. The number of aryl methyl sites for hydroxylation is 2. The fourth-order valence-electron chi connectivity index (χ4n) is 3.09. The first-order chi connectivity index (χ1) is 11.7. The number of aliphatic hydroxyl groups is 1. The number of aliphatic hydroxyl groups excluding tert-OH is 1. The summed E-state index contributed by atoms with van der Waals surface area (Å²) in [4.78, 5) is 16.5. The van der Waals surface area contributed by atoms with Crippen LogP contribution in [0, 0.1) is 12.8 Å². The smallest absolute Gasteiger partial charge is 0.263 e. The molecule has 3 rings (SSSR count). The fourth-order valence-corrected chi connectivity index (χ4v) is 3.93. The molecule has 2 aromatic heterocycles. The Morgan fingerprint density at radius 3 is 2.83 bits per heavy atom. The first-order valence-electron chi connectivity index (χ1n) is 8.51. The van der Waals surface area contributed by atoms with E-state index in [0.717, 1.165) is 55.9 Å². The maximum absolute atomic E-state index is 12.5. The van der Waals surface area contributed by atoms with Gasteiger partial charge in [0, 0.05) is 37.3 Å². The third-order valence-corrected chi connectivity index (χ3v) is 5.46. The van der Waals surface area contributed by atoms with Crippen LogP contribution in [0.4, 0.5) is 0 Å². The van der Waals surface area contributed by atoms with Crippen molar-refractivity contribution in [3.63, 3.8) is 0 Å². The van der Waals surface area contributed by atoms with Gasteiger partial charge in [0.2, 0.25) is 0 Å². The van der Waals surface area contributed by atoms with Crippen LogP contribution in [0.5, 0.6) is 0 Å². The van der Waals surface area contributed by atoms with Crippen LogP contribution in [-0.2, 0) is 13.0 Å². The first-order valence-corrected chi connectivity index (χ1v) is 9.33. The van der Waals surface area contributed by atoms with E-state index in [1.54, 1.807) is 11.3 Å². The van der Waals surface area contributed by atoms with Gasteiger partial charge in [-0.15, -0.1) is 16.4 Å². The number of amides is 1. The Bertz CT molecular complexity index is 674. The first kappa shape index (κ1) is 17.1. The molecule has 1 fully saturated rings. The van der Waals surface area contributed by atoms with E-state index in [9.17, 15) is 4.79 Å². The van der Waals surface area contributed by atoms with Crippen LogP contribution in [0.15, 0.2) is 18.3 Å². The van der Waals surface area contributed by atoms with Crippen molar-refractivity contribution in [3.05, 3.63) is 33.8 Å². The van der Waals surface area contributed by atoms with Crippen LogP contribution in [0.25, 0.3) is 0 Å². The molecule has 3 heterocycles. The monoisotopic (exact) mass is 348 g/mol. The van der Waals surface area contributed by atoms with Gasteiger partial charge in [-0.2, -0.15) is 0 Å².